The number of rotatable bonds is 8. The number of pyridine rings is 1. The predicted octanol–water partition coefficient (Wildman–Crippen LogP) is 6.13. The first kappa shape index (κ1) is 31.0. The van der Waals surface area contributed by atoms with Crippen molar-refractivity contribution in [2.75, 3.05) is 18.0 Å². The Labute approximate surface area is 254 Å². The van der Waals surface area contributed by atoms with Crippen LogP contribution < -0.4 is 15.3 Å². The van der Waals surface area contributed by atoms with E-state index in [1.807, 2.05) is 55.1 Å². The lowest BCUT2D eigenvalue weighted by atomic mass is 9.99. The highest BCUT2D eigenvalue weighted by Gasteiger charge is 2.50. The second-order valence-electron chi connectivity index (χ2n) is 12.4. The molecule has 2 heterocycles. The number of aliphatic hydroxyl groups excluding tert-OH is 1. The van der Waals surface area contributed by atoms with Crippen molar-refractivity contribution in [1.29, 1.82) is 0 Å². The van der Waals surface area contributed by atoms with Crippen molar-refractivity contribution in [3.8, 4) is 0 Å². The first-order valence-electron chi connectivity index (χ1n) is 14.8. The largest absolute Gasteiger partial charge is 0.403 e. The van der Waals surface area contributed by atoms with Crippen LogP contribution in [0.5, 0.6) is 0 Å². The van der Waals surface area contributed by atoms with Gasteiger partial charge in [-0.05, 0) is 47.5 Å². The van der Waals surface area contributed by atoms with E-state index in [0.717, 1.165) is 10.4 Å². The molecule has 0 aliphatic carbocycles. The van der Waals surface area contributed by atoms with Gasteiger partial charge in [-0.1, -0.05) is 87.5 Å². The highest BCUT2D eigenvalue weighted by Crippen LogP contribution is 2.40. The number of nitrogens with zero attached hydrogens (tertiary/aromatic N) is 2. The number of aliphatic hydroxyl groups is 1. The van der Waals surface area contributed by atoms with Gasteiger partial charge < -0.3 is 19.2 Å². The van der Waals surface area contributed by atoms with Crippen molar-refractivity contribution < 1.29 is 23.1 Å². The molecule has 0 radical (unpaired) electrons. The van der Waals surface area contributed by atoms with E-state index in [2.05, 4.69) is 50.0 Å². The third kappa shape index (κ3) is 6.15. The monoisotopic (exact) mass is 602 g/mol. The molecule has 0 amide bonds. The first-order valence-corrected chi connectivity index (χ1v) is 16.7. The predicted molar refractivity (Wildman–Crippen MR) is 169 cm³/mol. The lowest BCUT2D eigenvalue weighted by Gasteiger charge is -2.43. The summed E-state index contributed by atoms with van der Waals surface area (Å²) >= 11 is 0. The molecule has 0 saturated carbocycles. The zero-order valence-electron chi connectivity index (χ0n) is 25.4. The van der Waals surface area contributed by atoms with Gasteiger partial charge >= 0.3 is 0 Å². The highest BCUT2D eigenvalue weighted by atomic mass is 28.4. The number of aromatic nitrogens is 1. The second-order valence-corrected chi connectivity index (χ2v) is 16.7. The third-order valence-corrected chi connectivity index (χ3v) is 13.1. The molecule has 1 aromatic heterocycles. The van der Waals surface area contributed by atoms with Crippen LogP contribution >= 0.6 is 0 Å². The zero-order valence-corrected chi connectivity index (χ0v) is 26.4. The van der Waals surface area contributed by atoms with Crippen LogP contribution in [-0.4, -0.2) is 43.7 Å². The molecular formula is C35H40F2N2O3Si. The molecule has 43 heavy (non-hydrogen) atoms. The summed E-state index contributed by atoms with van der Waals surface area (Å²) in [6.07, 6.45) is -0.269. The quantitative estimate of drug-likeness (QED) is 0.246. The second kappa shape index (κ2) is 12.7. The molecule has 1 unspecified atom stereocenters. The van der Waals surface area contributed by atoms with Crippen LogP contribution in [0.1, 0.15) is 57.5 Å². The average Bonchev–Trinajstić information content (AvgIpc) is 2.99. The van der Waals surface area contributed by atoms with Gasteiger partial charge in [0.1, 0.15) is 6.10 Å². The molecule has 4 aromatic rings. The first-order chi connectivity index (χ1) is 20.5. The van der Waals surface area contributed by atoms with Gasteiger partial charge in [-0.25, -0.2) is 8.78 Å². The van der Waals surface area contributed by atoms with Crippen LogP contribution in [0.4, 0.5) is 14.5 Å². The summed E-state index contributed by atoms with van der Waals surface area (Å²) in [5.74, 6) is -2.09. The molecule has 0 bridgehead atoms. The van der Waals surface area contributed by atoms with Gasteiger partial charge in [0.2, 0.25) is 0 Å². The number of benzene rings is 3. The smallest absolute Gasteiger partial charge is 0.261 e. The summed E-state index contributed by atoms with van der Waals surface area (Å²) < 4.78 is 45.3. The maximum Gasteiger partial charge on any atom is 0.261 e. The molecule has 1 saturated heterocycles. The van der Waals surface area contributed by atoms with Crippen molar-refractivity contribution in [3.63, 3.8) is 0 Å². The normalized spacial score (nSPS) is 18.5. The summed E-state index contributed by atoms with van der Waals surface area (Å²) in [6, 6.07) is 26.9. The van der Waals surface area contributed by atoms with Gasteiger partial charge in [0.15, 0.2) is 11.6 Å². The number of anilines is 1. The summed E-state index contributed by atoms with van der Waals surface area (Å²) in [4.78, 5) is 6.04. The number of halogens is 2. The van der Waals surface area contributed by atoms with Crippen molar-refractivity contribution in [2.24, 2.45) is 0 Å². The maximum atomic E-state index is 16.3. The van der Waals surface area contributed by atoms with Crippen molar-refractivity contribution >= 4 is 24.4 Å². The Morgan fingerprint density at radius 1 is 0.907 bits per heavy atom. The molecule has 5 rings (SSSR count). The molecule has 8 heteroatoms. The standard InChI is InChI=1S/C35H40F2N2O3Si/c1-24-21-39(22-25(2)42-24)33-26(20-29(31(36)32(33)37)34(40)30-18-12-13-19-38-30)23-41-43(35(3,4)5,27-14-8-6-9-15-27)28-16-10-7-11-17-28/h6-20,24-25,34,40H,21-23H2,1-5H3/t24-,25+,34?. The van der Waals surface area contributed by atoms with Crippen molar-refractivity contribution in [3.05, 3.63) is 120 Å². The van der Waals surface area contributed by atoms with Crippen molar-refractivity contribution in [2.45, 2.75) is 64.6 Å². The van der Waals surface area contributed by atoms with Crippen LogP contribution in [0.3, 0.4) is 0 Å². The highest BCUT2D eigenvalue weighted by molar-refractivity contribution is 6.99. The minimum absolute atomic E-state index is 0.0157. The summed E-state index contributed by atoms with van der Waals surface area (Å²) in [6.45, 7) is 11.2. The fraction of sp³-hybridized carbons (Fsp3) is 0.343. The molecule has 3 atom stereocenters. The molecule has 0 spiro atoms. The number of hydrogen-bond donors (Lipinski definition) is 1. The average molecular weight is 603 g/mol. The summed E-state index contributed by atoms with van der Waals surface area (Å²) in [5.41, 5.74) is 0.684. The van der Waals surface area contributed by atoms with Crippen LogP contribution in [0.2, 0.25) is 5.04 Å². The number of morpholine rings is 1. The van der Waals surface area contributed by atoms with Gasteiger partial charge in [-0.15, -0.1) is 0 Å². The van der Waals surface area contributed by atoms with Crippen LogP contribution in [0.25, 0.3) is 0 Å². The molecule has 1 aliphatic rings. The maximum absolute atomic E-state index is 16.3. The molecule has 1 N–H and O–H groups in total. The van der Waals surface area contributed by atoms with E-state index in [9.17, 15) is 5.11 Å². The van der Waals surface area contributed by atoms with E-state index in [4.69, 9.17) is 9.16 Å². The summed E-state index contributed by atoms with van der Waals surface area (Å²) in [5, 5.41) is 13.0. The molecule has 5 nitrogen and oxygen atoms in total. The van der Waals surface area contributed by atoms with E-state index in [1.165, 1.54) is 6.20 Å². The Bertz CT molecular complexity index is 1470. The Hall–Kier alpha value is -3.43. The van der Waals surface area contributed by atoms with Crippen molar-refractivity contribution in [1.82, 2.24) is 4.98 Å². The number of hydrogen-bond acceptors (Lipinski definition) is 5. The summed E-state index contributed by atoms with van der Waals surface area (Å²) in [7, 11) is -3.01. The van der Waals surface area contributed by atoms with E-state index in [0.29, 0.717) is 18.7 Å². The van der Waals surface area contributed by atoms with Crippen LogP contribution in [-0.2, 0) is 15.8 Å². The lowest BCUT2D eigenvalue weighted by molar-refractivity contribution is -0.00554. The molecule has 1 aliphatic heterocycles. The third-order valence-electron chi connectivity index (χ3n) is 8.15. The minimum Gasteiger partial charge on any atom is -0.403 e. The Balaban J connectivity index is 1.67. The fourth-order valence-electron chi connectivity index (χ4n) is 6.35. The molecule has 1 fully saturated rings. The SMILES string of the molecule is C[C@@H]1CN(c2c(CO[Si](c3ccccc3)(c3ccccc3)C(C)(C)C)cc(C(O)c3ccccn3)c(F)c2F)C[C@H](C)O1. The van der Waals surface area contributed by atoms with E-state index < -0.39 is 26.1 Å². The van der Waals surface area contributed by atoms with Gasteiger partial charge in [0.05, 0.1) is 30.2 Å². The minimum atomic E-state index is -3.01. The topological polar surface area (TPSA) is 54.8 Å². The van der Waals surface area contributed by atoms with Crippen LogP contribution in [0.15, 0.2) is 91.1 Å². The van der Waals surface area contributed by atoms with E-state index in [-0.39, 0.29) is 40.8 Å². The zero-order chi connectivity index (χ0) is 30.8. The lowest BCUT2D eigenvalue weighted by Crippen LogP contribution is -2.66. The van der Waals surface area contributed by atoms with E-state index in [1.54, 1.807) is 24.3 Å². The van der Waals surface area contributed by atoms with Gasteiger partial charge in [0.25, 0.3) is 8.32 Å². The molecule has 3 aromatic carbocycles. The Kier molecular flexibility index (Phi) is 9.13. The fourth-order valence-corrected chi connectivity index (χ4v) is 10.9. The molecular weight excluding hydrogens is 562 g/mol. The van der Waals surface area contributed by atoms with Gasteiger partial charge in [-0.2, -0.15) is 0 Å². The molecule has 226 valence electrons. The van der Waals surface area contributed by atoms with E-state index >= 15 is 8.78 Å². The van der Waals surface area contributed by atoms with Gasteiger partial charge in [0, 0.05) is 30.4 Å². The van der Waals surface area contributed by atoms with Gasteiger partial charge in [-0.3, -0.25) is 4.98 Å². The number of ether oxygens (including phenoxy) is 1. The Morgan fingerprint density at radius 2 is 1.47 bits per heavy atom. The Morgan fingerprint density at radius 3 is 1.98 bits per heavy atom. The van der Waals surface area contributed by atoms with Crippen LogP contribution in [0, 0.1) is 11.6 Å².